The lowest BCUT2D eigenvalue weighted by Crippen LogP contribution is -2.66. The molecule has 282 valence electrons. The Morgan fingerprint density at radius 1 is 0.625 bits per heavy atom. The second kappa shape index (κ2) is 20.1. The fourth-order valence-electron chi connectivity index (χ4n) is 6.33. The monoisotopic (exact) mass is 698 g/mol. The summed E-state index contributed by atoms with van der Waals surface area (Å²) in [5.41, 5.74) is 0. The van der Waals surface area contributed by atoms with E-state index in [0.29, 0.717) is 19.3 Å². The lowest BCUT2D eigenvalue weighted by atomic mass is 9.96. The van der Waals surface area contributed by atoms with Crippen LogP contribution in [0, 0.1) is 0 Å². The molecule has 0 radical (unpaired) electrons. The molecule has 0 bridgehead atoms. The number of carbonyl (C=O) groups is 1. The molecule has 16 heteroatoms. The SMILES string of the molecule is CCCC(CCCCCCCCCC(=O)O)OC1OC(C)C(O)C(O)C1OC1OC(CO)C(O)C(O)C1OC1OC(C)C(O)C(O)C1O. The number of aliphatic hydroxyl groups is 8. The van der Waals surface area contributed by atoms with Gasteiger partial charge in [0.15, 0.2) is 18.9 Å². The summed E-state index contributed by atoms with van der Waals surface area (Å²) in [4.78, 5) is 10.7. The normalized spacial score (nSPS) is 41.3. The van der Waals surface area contributed by atoms with Crippen LogP contribution in [0.25, 0.3) is 0 Å². The minimum absolute atomic E-state index is 0.186. The van der Waals surface area contributed by atoms with Crippen molar-refractivity contribution in [3.63, 3.8) is 0 Å². The molecule has 3 heterocycles. The largest absolute Gasteiger partial charge is 0.481 e. The Hall–Kier alpha value is -1.09. The quantitative estimate of drug-likeness (QED) is 0.0754. The Balaban J connectivity index is 1.70. The molecule has 3 rings (SSSR count). The van der Waals surface area contributed by atoms with Crippen LogP contribution in [0.1, 0.15) is 91.4 Å². The van der Waals surface area contributed by atoms with E-state index in [2.05, 4.69) is 0 Å². The van der Waals surface area contributed by atoms with Crippen molar-refractivity contribution in [2.45, 2.75) is 190 Å². The summed E-state index contributed by atoms with van der Waals surface area (Å²) in [6, 6.07) is 0. The first-order valence-corrected chi connectivity index (χ1v) is 17.3. The van der Waals surface area contributed by atoms with E-state index in [9.17, 15) is 45.6 Å². The highest BCUT2D eigenvalue weighted by Crippen LogP contribution is 2.34. The van der Waals surface area contributed by atoms with Crippen molar-refractivity contribution < 1.29 is 79.2 Å². The molecule has 3 aliphatic rings. The van der Waals surface area contributed by atoms with E-state index in [1.807, 2.05) is 6.92 Å². The fraction of sp³-hybridized carbons (Fsp3) is 0.969. The Morgan fingerprint density at radius 2 is 1.15 bits per heavy atom. The zero-order valence-corrected chi connectivity index (χ0v) is 28.1. The van der Waals surface area contributed by atoms with Crippen molar-refractivity contribution in [1.29, 1.82) is 0 Å². The van der Waals surface area contributed by atoms with Gasteiger partial charge < -0.3 is 74.4 Å². The smallest absolute Gasteiger partial charge is 0.303 e. The first kappa shape index (κ1) is 41.3. The first-order valence-electron chi connectivity index (χ1n) is 17.3. The minimum atomic E-state index is -1.77. The Kier molecular flexibility index (Phi) is 17.3. The van der Waals surface area contributed by atoms with Gasteiger partial charge in [-0.2, -0.15) is 0 Å². The minimum Gasteiger partial charge on any atom is -0.481 e. The molecule has 0 aromatic carbocycles. The van der Waals surface area contributed by atoms with Crippen molar-refractivity contribution in [3.8, 4) is 0 Å². The van der Waals surface area contributed by atoms with Gasteiger partial charge in [0.2, 0.25) is 0 Å². The summed E-state index contributed by atoms with van der Waals surface area (Å²) in [6.07, 6.45) is -13.5. The van der Waals surface area contributed by atoms with Crippen LogP contribution < -0.4 is 0 Å². The molecular weight excluding hydrogens is 640 g/mol. The van der Waals surface area contributed by atoms with Gasteiger partial charge in [-0.3, -0.25) is 4.79 Å². The molecule has 0 aliphatic carbocycles. The number of carboxylic acids is 1. The molecule has 0 amide bonds. The van der Waals surface area contributed by atoms with Gasteiger partial charge in [0.05, 0.1) is 24.9 Å². The summed E-state index contributed by atoms with van der Waals surface area (Å²) in [5.74, 6) is -0.779. The highest BCUT2D eigenvalue weighted by atomic mass is 16.8. The number of rotatable bonds is 19. The standard InChI is InChI=1S/C32H58O16/c1-4-12-18(13-10-8-6-5-7-9-11-14-20(34)35)45-31-28(25(40)22(37)17(3)44-31)48-32-29(26(41)23(38)19(15-33)46-32)47-30-27(42)24(39)21(36)16(2)43-30/h16-19,21-33,36-42H,4-15H2,1-3H3,(H,34,35). The Labute approximate surface area is 281 Å². The lowest BCUT2D eigenvalue weighted by molar-refractivity contribution is -0.393. The predicted molar refractivity (Wildman–Crippen MR) is 165 cm³/mol. The fourth-order valence-corrected chi connectivity index (χ4v) is 6.33. The molecule has 0 aromatic heterocycles. The Morgan fingerprint density at radius 3 is 1.75 bits per heavy atom. The third-order valence-corrected chi connectivity index (χ3v) is 9.35. The van der Waals surface area contributed by atoms with Crippen molar-refractivity contribution in [1.82, 2.24) is 0 Å². The van der Waals surface area contributed by atoms with Gasteiger partial charge in [0.25, 0.3) is 0 Å². The van der Waals surface area contributed by atoms with E-state index < -0.39 is 105 Å². The molecule has 16 atom stereocenters. The molecule has 16 nitrogen and oxygen atoms in total. The maximum atomic E-state index is 11.2. The van der Waals surface area contributed by atoms with Crippen LogP contribution in [-0.2, 0) is 33.2 Å². The zero-order valence-electron chi connectivity index (χ0n) is 28.1. The molecular formula is C32H58O16. The van der Waals surface area contributed by atoms with Gasteiger partial charge in [-0.1, -0.05) is 51.9 Å². The number of unbranched alkanes of at least 4 members (excludes halogenated alkanes) is 6. The highest BCUT2D eigenvalue weighted by molar-refractivity contribution is 5.66. The molecule has 0 saturated carbocycles. The average molecular weight is 699 g/mol. The Bertz CT molecular complexity index is 929. The average Bonchev–Trinajstić information content (AvgIpc) is 3.05. The third kappa shape index (κ3) is 11.2. The van der Waals surface area contributed by atoms with Crippen LogP contribution in [0.15, 0.2) is 0 Å². The number of aliphatic hydroxyl groups excluding tert-OH is 8. The molecule has 3 saturated heterocycles. The summed E-state index contributed by atoms with van der Waals surface area (Å²) in [5, 5.41) is 92.9. The first-order chi connectivity index (χ1) is 22.8. The van der Waals surface area contributed by atoms with Crippen molar-refractivity contribution in [2.75, 3.05) is 6.61 Å². The van der Waals surface area contributed by atoms with Gasteiger partial charge in [0, 0.05) is 6.42 Å². The van der Waals surface area contributed by atoms with Gasteiger partial charge in [-0.25, -0.2) is 0 Å². The van der Waals surface area contributed by atoms with Gasteiger partial charge >= 0.3 is 5.97 Å². The van der Waals surface area contributed by atoms with Crippen molar-refractivity contribution in [3.05, 3.63) is 0 Å². The molecule has 16 unspecified atom stereocenters. The molecule has 3 aliphatic heterocycles. The molecule has 0 spiro atoms. The second-order valence-corrected chi connectivity index (χ2v) is 13.2. The number of carboxylic acid groups (broad SMARTS) is 1. The molecule has 9 N–H and O–H groups in total. The summed E-state index contributed by atoms with van der Waals surface area (Å²) in [6.45, 7) is 4.29. The summed E-state index contributed by atoms with van der Waals surface area (Å²) >= 11 is 0. The van der Waals surface area contributed by atoms with Gasteiger partial charge in [-0.05, 0) is 33.1 Å². The van der Waals surface area contributed by atoms with Crippen molar-refractivity contribution >= 4 is 5.97 Å². The number of hydrogen-bond acceptors (Lipinski definition) is 15. The van der Waals surface area contributed by atoms with E-state index in [-0.39, 0.29) is 12.5 Å². The molecule has 0 aromatic rings. The van der Waals surface area contributed by atoms with Crippen LogP contribution in [0.3, 0.4) is 0 Å². The second-order valence-electron chi connectivity index (χ2n) is 13.2. The zero-order chi connectivity index (χ0) is 35.5. The van der Waals surface area contributed by atoms with E-state index >= 15 is 0 Å². The van der Waals surface area contributed by atoms with E-state index in [1.54, 1.807) is 6.92 Å². The molecule has 48 heavy (non-hydrogen) atoms. The van der Waals surface area contributed by atoms with Crippen LogP contribution in [0.2, 0.25) is 0 Å². The highest BCUT2D eigenvalue weighted by Gasteiger charge is 2.53. The molecule has 3 fully saturated rings. The van der Waals surface area contributed by atoms with Gasteiger partial charge in [0.1, 0.15) is 61.0 Å². The topological polar surface area (TPSA) is 255 Å². The van der Waals surface area contributed by atoms with E-state index in [1.165, 1.54) is 6.92 Å². The maximum absolute atomic E-state index is 11.2. The third-order valence-electron chi connectivity index (χ3n) is 9.35. The van der Waals surface area contributed by atoms with E-state index in [0.717, 1.165) is 44.9 Å². The number of aliphatic carboxylic acids is 1. The van der Waals surface area contributed by atoms with Crippen molar-refractivity contribution in [2.24, 2.45) is 0 Å². The summed E-state index contributed by atoms with van der Waals surface area (Å²) in [7, 11) is 0. The van der Waals surface area contributed by atoms with E-state index in [4.69, 9.17) is 33.5 Å². The summed E-state index contributed by atoms with van der Waals surface area (Å²) < 4.78 is 35.4. The maximum Gasteiger partial charge on any atom is 0.303 e. The van der Waals surface area contributed by atoms with Crippen LogP contribution in [-0.4, -0.2) is 157 Å². The van der Waals surface area contributed by atoms with Crippen LogP contribution in [0.4, 0.5) is 0 Å². The lowest BCUT2D eigenvalue weighted by Gasteiger charge is -2.48. The van der Waals surface area contributed by atoms with Crippen LogP contribution >= 0.6 is 0 Å². The number of ether oxygens (including phenoxy) is 6. The number of hydrogen-bond donors (Lipinski definition) is 9. The van der Waals surface area contributed by atoms with Crippen LogP contribution in [0.5, 0.6) is 0 Å². The predicted octanol–water partition coefficient (Wildman–Crippen LogP) is -0.729. The van der Waals surface area contributed by atoms with Gasteiger partial charge in [-0.15, -0.1) is 0 Å².